The van der Waals surface area contributed by atoms with Crippen molar-refractivity contribution >= 4 is 35.1 Å². The van der Waals surface area contributed by atoms with Crippen molar-refractivity contribution < 1.29 is 14.0 Å². The van der Waals surface area contributed by atoms with Crippen LogP contribution in [-0.2, 0) is 6.54 Å². The van der Waals surface area contributed by atoms with Crippen molar-refractivity contribution in [1.29, 1.82) is 0 Å². The van der Waals surface area contributed by atoms with Gasteiger partial charge < -0.3 is 15.1 Å². The molecule has 0 atom stereocenters. The molecule has 2 aromatic heterocycles. The smallest absolute Gasteiger partial charge is 0.326 e. The summed E-state index contributed by atoms with van der Waals surface area (Å²) in [5.41, 5.74) is 1.81. The number of fused-ring (bicyclic) bond motifs is 1. The first kappa shape index (κ1) is 18.1. The van der Waals surface area contributed by atoms with E-state index < -0.39 is 0 Å². The summed E-state index contributed by atoms with van der Waals surface area (Å²) in [4.78, 5) is 31.1. The van der Waals surface area contributed by atoms with Crippen LogP contribution in [0.15, 0.2) is 70.4 Å². The Hall–Kier alpha value is -3.26. The molecule has 1 aliphatic rings. The Morgan fingerprint density at radius 3 is 2.96 bits per heavy atom. The van der Waals surface area contributed by atoms with Gasteiger partial charge in [0, 0.05) is 29.7 Å². The number of carbonyl (C=O) groups excluding carboxylic acids is 2. The van der Waals surface area contributed by atoms with E-state index in [1.807, 2.05) is 12.1 Å². The number of carbonyl (C=O) groups is 2. The Labute approximate surface area is 166 Å². The van der Waals surface area contributed by atoms with Crippen LogP contribution in [0.3, 0.4) is 0 Å². The fourth-order valence-electron chi connectivity index (χ4n) is 2.88. The van der Waals surface area contributed by atoms with Crippen LogP contribution in [0.4, 0.5) is 16.2 Å². The van der Waals surface area contributed by atoms with Crippen molar-refractivity contribution in [3.63, 3.8) is 0 Å². The summed E-state index contributed by atoms with van der Waals surface area (Å²) < 4.78 is 5.21. The first-order valence-electron chi connectivity index (χ1n) is 8.78. The number of furan rings is 1. The van der Waals surface area contributed by atoms with Gasteiger partial charge in [-0.15, -0.1) is 11.8 Å². The van der Waals surface area contributed by atoms with Crippen molar-refractivity contribution in [2.24, 2.45) is 0 Å². The van der Waals surface area contributed by atoms with Crippen LogP contribution in [0, 0.1) is 0 Å². The van der Waals surface area contributed by atoms with Gasteiger partial charge in [-0.3, -0.25) is 9.69 Å². The maximum Gasteiger partial charge on any atom is 0.326 e. The van der Waals surface area contributed by atoms with E-state index in [-0.39, 0.29) is 11.9 Å². The van der Waals surface area contributed by atoms with Gasteiger partial charge in [0.05, 0.1) is 18.5 Å². The van der Waals surface area contributed by atoms with Gasteiger partial charge >= 0.3 is 6.03 Å². The van der Waals surface area contributed by atoms with Gasteiger partial charge in [-0.1, -0.05) is 6.07 Å². The molecule has 0 radical (unpaired) electrons. The molecule has 0 spiro atoms. The lowest BCUT2D eigenvalue weighted by atomic mass is 10.2. The number of thioether (sulfide) groups is 1. The number of anilines is 2. The topological polar surface area (TPSA) is 87.5 Å². The van der Waals surface area contributed by atoms with E-state index in [9.17, 15) is 9.59 Å². The van der Waals surface area contributed by atoms with E-state index in [4.69, 9.17) is 4.42 Å². The predicted molar refractivity (Wildman–Crippen MR) is 108 cm³/mol. The number of pyridine rings is 1. The average molecular weight is 394 g/mol. The fourth-order valence-corrected chi connectivity index (χ4v) is 3.80. The van der Waals surface area contributed by atoms with Crippen LogP contribution < -0.4 is 15.5 Å². The van der Waals surface area contributed by atoms with Crippen LogP contribution in [0.1, 0.15) is 16.1 Å². The largest absolute Gasteiger partial charge is 0.467 e. The number of amides is 3. The van der Waals surface area contributed by atoms with E-state index in [0.717, 1.165) is 16.5 Å². The molecule has 3 heterocycles. The maximum absolute atomic E-state index is 12.8. The van der Waals surface area contributed by atoms with Crippen molar-refractivity contribution in [3.05, 3.63) is 72.3 Å². The third kappa shape index (κ3) is 4.01. The molecule has 4 rings (SSSR count). The van der Waals surface area contributed by atoms with Crippen LogP contribution in [0.2, 0.25) is 0 Å². The second-order valence-electron chi connectivity index (χ2n) is 6.10. The summed E-state index contributed by atoms with van der Waals surface area (Å²) in [5, 5.41) is 6.50. The van der Waals surface area contributed by atoms with E-state index >= 15 is 0 Å². The van der Waals surface area contributed by atoms with Gasteiger partial charge in [0.15, 0.2) is 0 Å². The molecule has 142 valence electrons. The van der Waals surface area contributed by atoms with Crippen molar-refractivity contribution in [3.8, 4) is 0 Å². The zero-order chi connectivity index (χ0) is 19.3. The molecule has 0 saturated carbocycles. The summed E-state index contributed by atoms with van der Waals surface area (Å²) >= 11 is 1.63. The number of rotatable bonds is 4. The molecular formula is C20H18N4O3S. The molecule has 1 aromatic carbocycles. The number of urea groups is 1. The van der Waals surface area contributed by atoms with Crippen LogP contribution >= 0.6 is 11.8 Å². The van der Waals surface area contributed by atoms with E-state index in [0.29, 0.717) is 30.1 Å². The standard InChI is InChI=1S/C20H18N4O3S/c25-18(22-13-16-6-3-10-27-16)14-4-1-5-15(12-14)23-20(26)24-9-11-28-19-17(24)7-2-8-21-19/h1-8,10,12H,9,11,13H2,(H,22,25)(H,23,26). The summed E-state index contributed by atoms with van der Waals surface area (Å²) in [6.07, 6.45) is 3.28. The lowest BCUT2D eigenvalue weighted by Crippen LogP contribution is -2.38. The molecule has 2 N–H and O–H groups in total. The molecule has 3 amide bonds. The number of hydrogen-bond acceptors (Lipinski definition) is 5. The number of hydrogen-bond donors (Lipinski definition) is 2. The lowest BCUT2D eigenvalue weighted by molar-refractivity contribution is 0.0948. The highest BCUT2D eigenvalue weighted by atomic mass is 32.2. The Morgan fingerprint density at radius 2 is 2.11 bits per heavy atom. The minimum atomic E-state index is -0.248. The molecule has 8 heteroatoms. The highest BCUT2D eigenvalue weighted by molar-refractivity contribution is 7.99. The van der Waals surface area contributed by atoms with Gasteiger partial charge in [0.1, 0.15) is 10.8 Å². The second-order valence-corrected chi connectivity index (χ2v) is 7.18. The minimum absolute atomic E-state index is 0.239. The Kier molecular flexibility index (Phi) is 5.29. The average Bonchev–Trinajstić information content (AvgIpc) is 3.25. The highest BCUT2D eigenvalue weighted by Crippen LogP contribution is 2.32. The summed E-state index contributed by atoms with van der Waals surface area (Å²) in [5.74, 6) is 1.22. The van der Waals surface area contributed by atoms with Gasteiger partial charge in [0.25, 0.3) is 5.91 Å². The first-order valence-corrected chi connectivity index (χ1v) is 9.76. The Balaban J connectivity index is 1.43. The third-order valence-corrected chi connectivity index (χ3v) is 5.19. The maximum atomic E-state index is 12.8. The molecule has 0 unspecified atom stereocenters. The van der Waals surface area contributed by atoms with E-state index in [1.165, 1.54) is 0 Å². The van der Waals surface area contributed by atoms with Gasteiger partial charge in [-0.05, 0) is 42.5 Å². The molecule has 1 aliphatic heterocycles. The lowest BCUT2D eigenvalue weighted by Gasteiger charge is -2.28. The first-order chi connectivity index (χ1) is 13.7. The molecule has 0 fully saturated rings. The summed E-state index contributed by atoms with van der Waals surface area (Å²) in [7, 11) is 0. The van der Waals surface area contributed by atoms with Crippen LogP contribution in [-0.4, -0.2) is 29.2 Å². The van der Waals surface area contributed by atoms with Crippen molar-refractivity contribution in [2.45, 2.75) is 11.6 Å². The number of benzene rings is 1. The molecule has 0 saturated heterocycles. The summed E-state index contributed by atoms with van der Waals surface area (Å²) in [6, 6.07) is 13.8. The van der Waals surface area contributed by atoms with Crippen molar-refractivity contribution in [1.82, 2.24) is 10.3 Å². The third-order valence-electron chi connectivity index (χ3n) is 4.22. The number of nitrogens with zero attached hydrogens (tertiary/aromatic N) is 2. The van der Waals surface area contributed by atoms with Gasteiger partial charge in [-0.25, -0.2) is 9.78 Å². The normalized spacial score (nSPS) is 12.9. The Morgan fingerprint density at radius 1 is 1.18 bits per heavy atom. The SMILES string of the molecule is O=C(NCc1ccco1)c1cccc(NC(=O)N2CCSc3ncccc32)c1. The quantitative estimate of drug-likeness (QED) is 0.704. The molecule has 3 aromatic rings. The predicted octanol–water partition coefficient (Wildman–Crippen LogP) is 3.75. The van der Waals surface area contributed by atoms with E-state index in [2.05, 4.69) is 15.6 Å². The summed E-state index contributed by atoms with van der Waals surface area (Å²) in [6.45, 7) is 0.899. The molecular weight excluding hydrogens is 376 g/mol. The molecule has 7 nitrogen and oxygen atoms in total. The monoisotopic (exact) mass is 394 g/mol. The van der Waals surface area contributed by atoms with Gasteiger partial charge in [0.2, 0.25) is 0 Å². The van der Waals surface area contributed by atoms with Crippen LogP contribution in [0.5, 0.6) is 0 Å². The fraction of sp³-hybridized carbons (Fsp3) is 0.150. The van der Waals surface area contributed by atoms with Crippen molar-refractivity contribution in [2.75, 3.05) is 22.5 Å². The highest BCUT2D eigenvalue weighted by Gasteiger charge is 2.23. The number of nitrogens with one attached hydrogen (secondary N) is 2. The number of aromatic nitrogens is 1. The zero-order valence-corrected chi connectivity index (χ0v) is 15.7. The van der Waals surface area contributed by atoms with Gasteiger partial charge in [-0.2, -0.15) is 0 Å². The Bertz CT molecular complexity index is 991. The minimum Gasteiger partial charge on any atom is -0.467 e. The van der Waals surface area contributed by atoms with Crippen LogP contribution in [0.25, 0.3) is 0 Å². The molecule has 0 aliphatic carbocycles. The van der Waals surface area contributed by atoms with E-state index in [1.54, 1.807) is 65.5 Å². The molecule has 0 bridgehead atoms. The second kappa shape index (κ2) is 8.18. The zero-order valence-electron chi connectivity index (χ0n) is 14.9. The molecule has 28 heavy (non-hydrogen) atoms.